The first-order chi connectivity index (χ1) is 12.1. The van der Waals surface area contributed by atoms with Crippen molar-refractivity contribution < 1.29 is 9.18 Å². The number of hydrogen-bond donors (Lipinski definition) is 2. The number of carbonyl (C=O) groups is 1. The summed E-state index contributed by atoms with van der Waals surface area (Å²) in [5, 5.41) is 6.54. The Kier molecular flexibility index (Phi) is 10.5. The van der Waals surface area contributed by atoms with Crippen molar-refractivity contribution in [2.75, 3.05) is 32.7 Å². The Bertz CT molecular complexity index is 609. The molecule has 0 saturated carbocycles. The van der Waals surface area contributed by atoms with Crippen LogP contribution in [0, 0.1) is 12.7 Å². The average molecular weight is 476 g/mol. The van der Waals surface area contributed by atoms with Gasteiger partial charge in [-0.05, 0) is 56.4 Å². The summed E-state index contributed by atoms with van der Waals surface area (Å²) in [4.78, 5) is 18.1. The third-order valence-corrected chi connectivity index (χ3v) is 4.36. The zero-order valence-corrected chi connectivity index (χ0v) is 18.0. The summed E-state index contributed by atoms with van der Waals surface area (Å²) in [5.41, 5.74) is 2.11. The molecule has 0 aliphatic carbocycles. The van der Waals surface area contributed by atoms with E-state index in [1.807, 2.05) is 24.8 Å². The quantitative estimate of drug-likeness (QED) is 0.263. The molecule has 0 aromatic heterocycles. The van der Waals surface area contributed by atoms with Crippen LogP contribution in [-0.4, -0.2) is 49.5 Å². The number of aliphatic imine (C=N–C) groups is 1. The molecule has 2 rings (SSSR count). The van der Waals surface area contributed by atoms with Gasteiger partial charge in [0, 0.05) is 39.1 Å². The molecule has 0 unspecified atom stereocenters. The number of likely N-dealkylation sites (tertiary alicyclic amines) is 1. The number of hydrogen-bond acceptors (Lipinski definition) is 2. The maximum Gasteiger partial charge on any atom is 0.222 e. The number of nitrogens with one attached hydrogen (secondary N) is 2. The van der Waals surface area contributed by atoms with E-state index >= 15 is 0 Å². The molecule has 5 nitrogen and oxygen atoms in total. The molecule has 1 heterocycles. The lowest BCUT2D eigenvalue weighted by molar-refractivity contribution is -0.127. The van der Waals surface area contributed by atoms with Gasteiger partial charge in [-0.3, -0.25) is 9.79 Å². The average Bonchev–Trinajstić information content (AvgIpc) is 2.98. The van der Waals surface area contributed by atoms with Crippen LogP contribution in [0.1, 0.15) is 37.3 Å². The number of carbonyl (C=O) groups excluding carboxylic acids is 1. The number of aryl methyl sites for hydroxylation is 1. The Balaban J connectivity index is 0.00000338. The Hall–Kier alpha value is -1.38. The molecule has 0 radical (unpaired) electrons. The summed E-state index contributed by atoms with van der Waals surface area (Å²) < 4.78 is 13.1. The van der Waals surface area contributed by atoms with Gasteiger partial charge in [0.25, 0.3) is 0 Å². The maximum atomic E-state index is 13.1. The first-order valence-electron chi connectivity index (χ1n) is 9.15. The van der Waals surface area contributed by atoms with Crippen LogP contribution in [-0.2, 0) is 11.2 Å². The monoisotopic (exact) mass is 476 g/mol. The number of rotatable bonds is 8. The van der Waals surface area contributed by atoms with Crippen LogP contribution < -0.4 is 10.6 Å². The van der Waals surface area contributed by atoms with E-state index in [4.69, 9.17) is 0 Å². The van der Waals surface area contributed by atoms with Crippen molar-refractivity contribution in [3.05, 3.63) is 35.1 Å². The number of benzene rings is 1. The van der Waals surface area contributed by atoms with E-state index in [0.717, 1.165) is 62.5 Å². The number of halogens is 2. The van der Waals surface area contributed by atoms with Crippen LogP contribution in [0.2, 0.25) is 0 Å². The topological polar surface area (TPSA) is 56.7 Å². The van der Waals surface area contributed by atoms with Gasteiger partial charge in [0.1, 0.15) is 5.82 Å². The van der Waals surface area contributed by atoms with Gasteiger partial charge in [-0.15, -0.1) is 24.0 Å². The van der Waals surface area contributed by atoms with Crippen LogP contribution in [0.3, 0.4) is 0 Å². The van der Waals surface area contributed by atoms with Gasteiger partial charge in [0.15, 0.2) is 5.96 Å². The molecule has 1 aromatic carbocycles. The third kappa shape index (κ3) is 7.47. The van der Waals surface area contributed by atoms with Gasteiger partial charge in [0.05, 0.1) is 0 Å². The van der Waals surface area contributed by atoms with E-state index in [0.29, 0.717) is 13.0 Å². The van der Waals surface area contributed by atoms with Crippen LogP contribution >= 0.6 is 24.0 Å². The van der Waals surface area contributed by atoms with Gasteiger partial charge >= 0.3 is 0 Å². The molecular formula is C19H30FIN4O. The van der Waals surface area contributed by atoms with Gasteiger partial charge in [-0.2, -0.15) is 0 Å². The van der Waals surface area contributed by atoms with E-state index in [9.17, 15) is 9.18 Å². The zero-order chi connectivity index (χ0) is 18.1. The molecule has 0 bridgehead atoms. The van der Waals surface area contributed by atoms with E-state index in [-0.39, 0.29) is 35.7 Å². The molecule has 1 aromatic rings. The second-order valence-electron chi connectivity index (χ2n) is 6.35. The lowest BCUT2D eigenvalue weighted by atomic mass is 10.1. The molecule has 146 valence electrons. The first-order valence-corrected chi connectivity index (χ1v) is 9.15. The van der Waals surface area contributed by atoms with E-state index in [1.165, 1.54) is 6.07 Å². The molecule has 1 aliphatic rings. The second kappa shape index (κ2) is 12.1. The molecule has 0 atom stereocenters. The minimum Gasteiger partial charge on any atom is -0.357 e. The lowest BCUT2D eigenvalue weighted by Crippen LogP contribution is -2.38. The lowest BCUT2D eigenvalue weighted by Gasteiger charge is -2.15. The standard InChI is InChI=1S/C19H29FN4O.HI/c1-3-21-19(22-10-5-13-24-12-4-6-18(24)25)23-11-9-16-7-8-17(20)14-15(16)2;/h7-8,14H,3-6,9-13H2,1-2H3,(H2,21,22,23);1H. The third-order valence-electron chi connectivity index (χ3n) is 4.36. The fourth-order valence-corrected chi connectivity index (χ4v) is 2.99. The highest BCUT2D eigenvalue weighted by atomic mass is 127. The Morgan fingerprint density at radius 3 is 2.81 bits per heavy atom. The van der Waals surface area contributed by atoms with Crippen molar-refractivity contribution in [1.29, 1.82) is 0 Å². The van der Waals surface area contributed by atoms with Crippen molar-refractivity contribution in [2.45, 2.75) is 39.5 Å². The molecule has 1 saturated heterocycles. The SMILES string of the molecule is CCNC(=NCCCN1CCCC1=O)NCCc1ccc(F)cc1C.I. The number of nitrogens with zero attached hydrogens (tertiary/aromatic N) is 2. The molecule has 1 aliphatic heterocycles. The molecule has 0 spiro atoms. The maximum absolute atomic E-state index is 13.1. The van der Waals surface area contributed by atoms with Gasteiger partial charge in [-0.25, -0.2) is 4.39 Å². The molecule has 7 heteroatoms. The van der Waals surface area contributed by atoms with Crippen molar-refractivity contribution in [3.8, 4) is 0 Å². The van der Waals surface area contributed by atoms with Crippen molar-refractivity contribution in [2.24, 2.45) is 4.99 Å². The summed E-state index contributed by atoms with van der Waals surface area (Å²) in [5.74, 6) is 0.860. The van der Waals surface area contributed by atoms with E-state index < -0.39 is 0 Å². The van der Waals surface area contributed by atoms with E-state index in [2.05, 4.69) is 15.6 Å². The normalized spacial score (nSPS) is 14.3. The molecule has 1 fully saturated rings. The van der Waals surface area contributed by atoms with Crippen molar-refractivity contribution >= 4 is 35.8 Å². The second-order valence-corrected chi connectivity index (χ2v) is 6.35. The minimum absolute atomic E-state index is 0. The first kappa shape index (κ1) is 22.7. The largest absolute Gasteiger partial charge is 0.357 e. The summed E-state index contributed by atoms with van der Waals surface area (Å²) in [6.45, 7) is 7.86. The smallest absolute Gasteiger partial charge is 0.222 e. The van der Waals surface area contributed by atoms with Gasteiger partial charge in [-0.1, -0.05) is 6.07 Å². The Morgan fingerprint density at radius 2 is 2.15 bits per heavy atom. The van der Waals surface area contributed by atoms with Crippen LogP contribution in [0.5, 0.6) is 0 Å². The number of guanidine groups is 1. The van der Waals surface area contributed by atoms with Crippen LogP contribution in [0.15, 0.2) is 23.2 Å². The van der Waals surface area contributed by atoms with Crippen LogP contribution in [0.25, 0.3) is 0 Å². The fraction of sp³-hybridized carbons (Fsp3) is 0.579. The van der Waals surface area contributed by atoms with E-state index in [1.54, 1.807) is 6.07 Å². The highest BCUT2D eigenvalue weighted by Crippen LogP contribution is 2.10. The zero-order valence-electron chi connectivity index (χ0n) is 15.7. The van der Waals surface area contributed by atoms with Gasteiger partial charge < -0.3 is 15.5 Å². The Morgan fingerprint density at radius 1 is 1.35 bits per heavy atom. The predicted molar refractivity (Wildman–Crippen MR) is 115 cm³/mol. The molecular weight excluding hydrogens is 446 g/mol. The van der Waals surface area contributed by atoms with Gasteiger partial charge in [0.2, 0.25) is 5.91 Å². The summed E-state index contributed by atoms with van der Waals surface area (Å²) in [7, 11) is 0. The molecule has 26 heavy (non-hydrogen) atoms. The van der Waals surface area contributed by atoms with Crippen molar-refractivity contribution in [3.63, 3.8) is 0 Å². The summed E-state index contributed by atoms with van der Waals surface area (Å²) in [6, 6.07) is 4.90. The highest BCUT2D eigenvalue weighted by Gasteiger charge is 2.18. The van der Waals surface area contributed by atoms with Crippen molar-refractivity contribution in [1.82, 2.24) is 15.5 Å². The number of amides is 1. The summed E-state index contributed by atoms with van der Waals surface area (Å²) in [6.07, 6.45) is 3.36. The predicted octanol–water partition coefficient (Wildman–Crippen LogP) is 2.86. The molecule has 1 amide bonds. The minimum atomic E-state index is -0.194. The van der Waals surface area contributed by atoms with Crippen LogP contribution in [0.4, 0.5) is 4.39 Å². The fourth-order valence-electron chi connectivity index (χ4n) is 2.99. The Labute approximate surface area is 172 Å². The summed E-state index contributed by atoms with van der Waals surface area (Å²) >= 11 is 0. The molecule has 2 N–H and O–H groups in total. The highest BCUT2D eigenvalue weighted by molar-refractivity contribution is 14.0.